The molecule has 1 aliphatic rings. The highest BCUT2D eigenvalue weighted by atomic mass is 31.3. The highest BCUT2D eigenvalue weighted by Gasteiger charge is 2.31. The fourth-order valence-corrected chi connectivity index (χ4v) is 4.57. The van der Waals surface area contributed by atoms with Crippen molar-refractivity contribution in [2.24, 2.45) is 13.5 Å². The highest BCUT2D eigenvalue weighted by Crippen LogP contribution is 2.76. The van der Waals surface area contributed by atoms with E-state index in [-0.39, 0.29) is 5.48 Å². The van der Waals surface area contributed by atoms with Crippen molar-refractivity contribution in [3.63, 3.8) is 0 Å². The molecule has 2 radical (unpaired) electrons. The fraction of sp³-hybridized carbons (Fsp3) is 0. The van der Waals surface area contributed by atoms with Gasteiger partial charge in [-0.15, -0.1) is 21.3 Å². The first kappa shape index (κ1) is 12.3. The van der Waals surface area contributed by atoms with Crippen LogP contribution in [0.5, 0.6) is 0 Å². The second kappa shape index (κ2) is 3.58. The molecule has 0 aliphatic carbocycles. The predicted molar refractivity (Wildman–Crippen MR) is 35.7 cm³/mol. The molecule has 72 valence electrons. The van der Waals surface area contributed by atoms with Gasteiger partial charge < -0.3 is 0 Å². The van der Waals surface area contributed by atoms with Gasteiger partial charge in [0.1, 0.15) is 0 Å². The zero-order chi connectivity index (χ0) is 8.70. The number of hydrogen-bond acceptors (Lipinski definition) is 3. The van der Waals surface area contributed by atoms with E-state index in [1.807, 2.05) is 0 Å². The Bertz CT molecular complexity index is 300. The minimum atomic E-state index is -5.39. The maximum absolute atomic E-state index is 12.0. The normalized spacial score (nSPS) is 30.2. The molecule has 12 heteroatoms. The van der Waals surface area contributed by atoms with Gasteiger partial charge in [0.05, 0.1) is 0 Å². The molecule has 1 unspecified atom stereocenters. The van der Waals surface area contributed by atoms with Crippen LogP contribution in [-0.4, -0.2) is 0 Å². The monoisotopic (exact) mass is 247 g/mol. The van der Waals surface area contributed by atoms with Crippen LogP contribution in [-0.2, 0) is 5.48 Å². The van der Waals surface area contributed by atoms with Gasteiger partial charge in [0.25, 0.3) is 0 Å². The van der Waals surface area contributed by atoms with Gasteiger partial charge in [0.15, 0.2) is 0 Å². The molecule has 0 aromatic carbocycles. The summed E-state index contributed by atoms with van der Waals surface area (Å²) in [6.07, 6.45) is 0. The Morgan fingerprint density at radius 3 is 1.83 bits per heavy atom. The Morgan fingerprint density at radius 1 is 1.00 bits per heavy atom. The summed E-state index contributed by atoms with van der Waals surface area (Å²) >= 11 is 0. The van der Waals surface area contributed by atoms with Crippen molar-refractivity contribution in [2.45, 2.75) is 0 Å². The summed E-state index contributed by atoms with van der Waals surface area (Å²) < 4.78 is 66.1. The molecule has 0 saturated heterocycles. The Hall–Kier alpha value is 0.300. The van der Waals surface area contributed by atoms with E-state index in [1.54, 1.807) is 4.52 Å². The Balaban J connectivity index is 0.00000121. The van der Waals surface area contributed by atoms with Crippen LogP contribution in [0.25, 0.3) is 0 Å². The molecule has 1 atom stereocenters. The van der Waals surface area contributed by atoms with Crippen molar-refractivity contribution < 1.29 is 26.5 Å². The molecule has 0 aromatic heterocycles. The van der Waals surface area contributed by atoms with Crippen LogP contribution >= 0.6 is 23.8 Å². The number of rotatable bonds is 0. The number of hydrogen-bond donors (Lipinski definition) is 0. The lowest BCUT2D eigenvalue weighted by molar-refractivity contribution is 0.686. The van der Waals surface area contributed by atoms with E-state index < -0.39 is 23.8 Å². The third-order valence-corrected chi connectivity index (χ3v) is 5.59. The number of nitrogens with zero attached hydrogens (tertiary/aromatic N) is 3. The van der Waals surface area contributed by atoms with Gasteiger partial charge in [-0.1, -0.05) is 0 Å². The summed E-state index contributed by atoms with van der Waals surface area (Å²) in [7, 11) is -14.5. The zero-order valence-electron chi connectivity index (χ0n) is 5.03. The second-order valence-electron chi connectivity index (χ2n) is 1.47. The van der Waals surface area contributed by atoms with E-state index in [0.29, 0.717) is 0 Å². The van der Waals surface area contributed by atoms with E-state index in [1.165, 1.54) is 0 Å². The van der Waals surface area contributed by atoms with Crippen LogP contribution in [0.15, 0.2) is 13.5 Å². The van der Waals surface area contributed by atoms with Crippen LogP contribution in [0, 0.1) is 0 Å². The minimum absolute atomic E-state index is 0. The first-order chi connectivity index (χ1) is 4.81. The Kier molecular flexibility index (Phi) is 3.67. The lowest BCUT2D eigenvalue weighted by Crippen LogP contribution is -1.61. The standard InChI is InChI=1S/F5HN3P3.O/c1-9-6-10(2,3)8-11(4,5)7-9;/h9H;. The molecule has 1 heterocycles. The number of halogens is 5. The average molecular weight is 247 g/mol. The third-order valence-electron chi connectivity index (χ3n) is 0.621. The molecule has 0 saturated carbocycles. The lowest BCUT2D eigenvalue weighted by Gasteiger charge is -2.06. The molecule has 0 amide bonds. The van der Waals surface area contributed by atoms with Crippen molar-refractivity contribution >= 4 is 23.8 Å². The lowest BCUT2D eigenvalue weighted by atomic mass is 13.8. The molecule has 0 fully saturated rings. The van der Waals surface area contributed by atoms with Gasteiger partial charge in [-0.05, 0) is 0 Å². The topological polar surface area (TPSA) is 65.6 Å². The molecule has 0 spiro atoms. The summed E-state index contributed by atoms with van der Waals surface area (Å²) in [5.74, 6) is 0. The fourth-order valence-electron chi connectivity index (χ4n) is 0.388. The third kappa shape index (κ3) is 3.35. The molecule has 0 aromatic rings. The molecule has 1 rings (SSSR count). The Labute approximate surface area is 64.8 Å². The van der Waals surface area contributed by atoms with Gasteiger partial charge in [-0.2, -0.15) is 13.2 Å². The van der Waals surface area contributed by atoms with Crippen LogP contribution in [0.2, 0.25) is 0 Å². The van der Waals surface area contributed by atoms with E-state index in [0.717, 1.165) is 0 Å². The quantitative estimate of drug-likeness (QED) is 0.433. The van der Waals surface area contributed by atoms with Crippen molar-refractivity contribution in [1.82, 2.24) is 0 Å². The van der Waals surface area contributed by atoms with E-state index in [2.05, 4.69) is 9.03 Å². The Morgan fingerprint density at radius 2 is 1.50 bits per heavy atom. The van der Waals surface area contributed by atoms with Gasteiger partial charge in [-0.3, -0.25) is 0 Å². The molecule has 4 nitrogen and oxygen atoms in total. The van der Waals surface area contributed by atoms with Gasteiger partial charge in [0.2, 0.25) is 8.17 Å². The molecule has 12 heavy (non-hydrogen) atoms. The molecular weight excluding hydrogens is 246 g/mol. The maximum atomic E-state index is 12.0. The first-order valence-electron chi connectivity index (χ1n) is 2.11. The molecular formula is HF5N3OP3. The van der Waals surface area contributed by atoms with Crippen molar-refractivity contribution in [3.8, 4) is 0 Å². The molecule has 0 N–H and O–H groups in total. The van der Waals surface area contributed by atoms with E-state index in [4.69, 9.17) is 0 Å². The van der Waals surface area contributed by atoms with E-state index >= 15 is 0 Å². The largest absolute Gasteiger partial charge is 0.423 e. The van der Waals surface area contributed by atoms with Crippen LogP contribution in [0.4, 0.5) is 21.0 Å². The SMILES string of the molecule is F[PH]1=NP(F)(F)=NP(F)(F)=N1.[O]. The van der Waals surface area contributed by atoms with Gasteiger partial charge in [-0.25, -0.2) is 0 Å². The summed E-state index contributed by atoms with van der Waals surface area (Å²) in [5.41, 5.74) is 0. The second-order valence-corrected chi connectivity index (χ2v) is 6.15. The molecule has 1 aliphatic heterocycles. The minimum Gasteiger partial charge on any atom is -0.186 e. The highest BCUT2D eigenvalue weighted by molar-refractivity contribution is 7.74. The smallest absolute Gasteiger partial charge is 0.186 e. The van der Waals surface area contributed by atoms with Crippen molar-refractivity contribution in [2.75, 3.05) is 0 Å². The summed E-state index contributed by atoms with van der Waals surface area (Å²) in [6.45, 7) is 0. The van der Waals surface area contributed by atoms with Gasteiger partial charge >= 0.3 is 15.7 Å². The van der Waals surface area contributed by atoms with Crippen molar-refractivity contribution in [3.05, 3.63) is 0 Å². The van der Waals surface area contributed by atoms with Gasteiger partial charge in [0, 0.05) is 5.48 Å². The maximum Gasteiger partial charge on any atom is 0.423 e. The first-order valence-corrected chi connectivity index (χ1v) is 6.34. The van der Waals surface area contributed by atoms with Crippen LogP contribution in [0.1, 0.15) is 0 Å². The predicted octanol–water partition coefficient (Wildman–Crippen LogP) is 4.85. The van der Waals surface area contributed by atoms with Crippen LogP contribution in [0.3, 0.4) is 0 Å². The summed E-state index contributed by atoms with van der Waals surface area (Å²) in [5, 5.41) is 0. The average Bonchev–Trinajstić information content (AvgIpc) is 1.49. The zero-order valence-corrected chi connectivity index (χ0v) is 7.82. The summed E-state index contributed by atoms with van der Waals surface area (Å²) in [6, 6.07) is 0. The van der Waals surface area contributed by atoms with E-state index in [9.17, 15) is 21.0 Å². The molecule has 0 bridgehead atoms. The van der Waals surface area contributed by atoms with Crippen molar-refractivity contribution in [1.29, 1.82) is 0 Å². The summed E-state index contributed by atoms with van der Waals surface area (Å²) in [4.78, 5) is 0. The van der Waals surface area contributed by atoms with Crippen LogP contribution < -0.4 is 0 Å².